The lowest BCUT2D eigenvalue weighted by Crippen LogP contribution is -2.36. The van der Waals surface area contributed by atoms with Crippen LogP contribution in [0.15, 0.2) is 72.8 Å². The Hall–Kier alpha value is -3.91. The van der Waals surface area contributed by atoms with E-state index < -0.39 is 29.9 Å². The minimum atomic E-state index is -4.87. The molecule has 0 radical (unpaired) electrons. The van der Waals surface area contributed by atoms with Crippen molar-refractivity contribution in [3.05, 3.63) is 111 Å². The smallest absolute Gasteiger partial charge is 0.334 e. The molecule has 0 unspecified atom stereocenters. The van der Waals surface area contributed by atoms with Crippen molar-refractivity contribution in [3.63, 3.8) is 0 Å². The van der Waals surface area contributed by atoms with Gasteiger partial charge in [0.25, 0.3) is 5.91 Å². The highest BCUT2D eigenvalue weighted by molar-refractivity contribution is 6.34. The van der Waals surface area contributed by atoms with E-state index >= 15 is 0 Å². The summed E-state index contributed by atoms with van der Waals surface area (Å²) in [5, 5.41) is 4.72. The fourth-order valence-electron chi connectivity index (χ4n) is 4.81. The highest BCUT2D eigenvalue weighted by Crippen LogP contribution is 2.35. The second-order valence-corrected chi connectivity index (χ2v) is 9.47. The van der Waals surface area contributed by atoms with Crippen molar-refractivity contribution in [2.75, 3.05) is 11.9 Å². The van der Waals surface area contributed by atoms with Gasteiger partial charge in [-0.3, -0.25) is 9.59 Å². The van der Waals surface area contributed by atoms with E-state index in [-0.39, 0.29) is 16.5 Å². The number of nitrogens with one attached hydrogen (secondary N) is 1. The van der Waals surface area contributed by atoms with Gasteiger partial charge in [0.1, 0.15) is 5.82 Å². The van der Waals surface area contributed by atoms with Gasteiger partial charge < -0.3 is 10.2 Å². The Morgan fingerprint density at radius 2 is 1.68 bits per heavy atom. The van der Waals surface area contributed by atoms with Gasteiger partial charge in [-0.15, -0.1) is 0 Å². The minimum absolute atomic E-state index is 0.118. The molecule has 0 spiro atoms. The van der Waals surface area contributed by atoms with Gasteiger partial charge in [-0.1, -0.05) is 66.2 Å². The van der Waals surface area contributed by atoms with E-state index in [0.29, 0.717) is 36.8 Å². The molecule has 0 saturated carbocycles. The lowest BCUT2D eigenvalue weighted by atomic mass is 9.96. The topological polar surface area (TPSA) is 49.4 Å². The summed E-state index contributed by atoms with van der Waals surface area (Å²) in [5.41, 5.74) is 0.641. The van der Waals surface area contributed by atoms with Crippen LogP contribution in [0.1, 0.15) is 32.6 Å². The third kappa shape index (κ3) is 4.96. The summed E-state index contributed by atoms with van der Waals surface area (Å²) in [6.07, 6.45) is -5.06. The fraction of sp³-hybridized carbons (Fsp3) is 0.172. The molecule has 0 saturated heterocycles. The van der Waals surface area contributed by atoms with E-state index in [0.717, 1.165) is 34.0 Å². The Kier molecular flexibility index (Phi) is 6.84. The molecule has 1 aliphatic rings. The second-order valence-electron chi connectivity index (χ2n) is 9.06. The van der Waals surface area contributed by atoms with E-state index in [1.54, 1.807) is 23.1 Å². The van der Waals surface area contributed by atoms with Crippen LogP contribution in [0, 0.1) is 5.82 Å². The van der Waals surface area contributed by atoms with E-state index in [2.05, 4.69) is 5.32 Å². The van der Waals surface area contributed by atoms with E-state index in [9.17, 15) is 27.2 Å². The maximum Gasteiger partial charge on any atom is 0.419 e. The van der Waals surface area contributed by atoms with Crippen LogP contribution in [0.2, 0.25) is 5.02 Å². The van der Waals surface area contributed by atoms with E-state index in [1.807, 2.05) is 36.4 Å². The molecule has 38 heavy (non-hydrogen) atoms. The molecule has 0 fully saturated rings. The molecule has 0 aliphatic carbocycles. The number of fused-ring (bicyclic) bond motifs is 2. The molecule has 4 aromatic carbocycles. The van der Waals surface area contributed by atoms with Crippen LogP contribution in [0.25, 0.3) is 10.8 Å². The number of hydrogen-bond acceptors (Lipinski definition) is 2. The Labute approximate surface area is 220 Å². The quantitative estimate of drug-likeness (QED) is 0.282. The zero-order chi connectivity index (χ0) is 27.0. The monoisotopic (exact) mass is 540 g/mol. The van der Waals surface area contributed by atoms with Crippen LogP contribution in [0.5, 0.6) is 0 Å². The first kappa shape index (κ1) is 25.7. The summed E-state index contributed by atoms with van der Waals surface area (Å²) < 4.78 is 53.5. The molecular formula is C29H21ClF4N2O2. The number of halogens is 5. The van der Waals surface area contributed by atoms with E-state index in [4.69, 9.17) is 11.6 Å². The van der Waals surface area contributed by atoms with Gasteiger partial charge in [0.05, 0.1) is 22.7 Å². The third-order valence-corrected chi connectivity index (χ3v) is 6.97. The molecule has 1 aliphatic heterocycles. The van der Waals surface area contributed by atoms with Crippen molar-refractivity contribution in [3.8, 4) is 0 Å². The number of hydrogen-bond donors (Lipinski definition) is 1. The standard InChI is InChI=1S/C29H21ClF4N2O2/c30-24-12-11-19-16-36(28(38)22-9-3-6-17-5-1-2-8-20(17)22)14-13-21(19)27(24)35-25(37)15-18-7-4-10-23(26(18)31)29(32,33)34/h1-12H,13-16H2,(H,35,37). The SMILES string of the molecule is O=C(Cc1cccc(C(F)(F)F)c1F)Nc1c(Cl)ccc2c1CCN(C(=O)c1cccc3ccccc13)C2. The molecule has 9 heteroatoms. The number of rotatable bonds is 4. The number of benzene rings is 4. The van der Waals surface area contributed by atoms with Crippen LogP contribution in [-0.2, 0) is 30.4 Å². The number of anilines is 1. The van der Waals surface area contributed by atoms with Crippen molar-refractivity contribution in [2.24, 2.45) is 0 Å². The number of nitrogens with zero attached hydrogens (tertiary/aromatic N) is 1. The predicted octanol–water partition coefficient (Wildman–Crippen LogP) is 7.03. The lowest BCUT2D eigenvalue weighted by molar-refractivity contribution is -0.140. The van der Waals surface area contributed by atoms with Crippen LogP contribution in [0.4, 0.5) is 23.2 Å². The van der Waals surface area contributed by atoms with Crippen molar-refractivity contribution in [1.82, 2.24) is 4.90 Å². The molecular weight excluding hydrogens is 520 g/mol. The Bertz CT molecular complexity index is 1560. The molecule has 5 rings (SSSR count). The van der Waals surface area contributed by atoms with Crippen LogP contribution < -0.4 is 5.32 Å². The second kappa shape index (κ2) is 10.1. The number of amides is 2. The van der Waals surface area contributed by atoms with Crippen molar-refractivity contribution in [2.45, 2.75) is 25.6 Å². The Morgan fingerprint density at radius 3 is 2.47 bits per heavy atom. The zero-order valence-corrected chi connectivity index (χ0v) is 20.7. The maximum absolute atomic E-state index is 14.4. The van der Waals surface area contributed by atoms with Crippen LogP contribution in [0.3, 0.4) is 0 Å². The van der Waals surface area contributed by atoms with Crippen molar-refractivity contribution < 1.29 is 27.2 Å². The first-order valence-corrected chi connectivity index (χ1v) is 12.2. The van der Waals surface area contributed by atoms with Crippen LogP contribution in [-0.4, -0.2) is 23.3 Å². The number of carbonyl (C=O) groups is 2. The van der Waals surface area contributed by atoms with Gasteiger partial charge in [-0.25, -0.2) is 4.39 Å². The first-order valence-electron chi connectivity index (χ1n) is 11.8. The van der Waals surface area contributed by atoms with Gasteiger partial charge >= 0.3 is 6.18 Å². The van der Waals surface area contributed by atoms with E-state index in [1.165, 1.54) is 0 Å². The molecule has 0 atom stereocenters. The van der Waals surface area contributed by atoms with Gasteiger partial charge in [-0.2, -0.15) is 13.2 Å². The number of carbonyl (C=O) groups excluding carboxylic acids is 2. The molecule has 4 nitrogen and oxygen atoms in total. The Morgan fingerprint density at radius 1 is 0.947 bits per heavy atom. The lowest BCUT2D eigenvalue weighted by Gasteiger charge is -2.31. The third-order valence-electron chi connectivity index (χ3n) is 6.66. The van der Waals surface area contributed by atoms with Gasteiger partial charge in [0.2, 0.25) is 5.91 Å². The molecule has 0 aromatic heterocycles. The summed E-state index contributed by atoms with van der Waals surface area (Å²) in [6.45, 7) is 0.667. The summed E-state index contributed by atoms with van der Waals surface area (Å²) in [4.78, 5) is 27.9. The van der Waals surface area contributed by atoms with Gasteiger partial charge in [0, 0.05) is 18.7 Å². The molecule has 1 N–H and O–H groups in total. The summed E-state index contributed by atoms with van der Waals surface area (Å²) in [7, 11) is 0. The predicted molar refractivity (Wildman–Crippen MR) is 138 cm³/mol. The molecule has 0 bridgehead atoms. The summed E-state index contributed by atoms with van der Waals surface area (Å²) in [6, 6.07) is 19.4. The molecule has 194 valence electrons. The first-order chi connectivity index (χ1) is 18.1. The molecule has 4 aromatic rings. The minimum Gasteiger partial charge on any atom is -0.334 e. The zero-order valence-electron chi connectivity index (χ0n) is 19.9. The average Bonchev–Trinajstić information content (AvgIpc) is 2.90. The highest BCUT2D eigenvalue weighted by atomic mass is 35.5. The van der Waals surface area contributed by atoms with Gasteiger partial charge in [-0.05, 0) is 52.1 Å². The highest BCUT2D eigenvalue weighted by Gasteiger charge is 2.35. The van der Waals surface area contributed by atoms with Crippen molar-refractivity contribution >= 4 is 39.9 Å². The normalized spacial score (nSPS) is 13.3. The fourth-order valence-corrected chi connectivity index (χ4v) is 5.03. The van der Waals surface area contributed by atoms with Gasteiger partial charge in [0.15, 0.2) is 0 Å². The molecule has 1 heterocycles. The largest absolute Gasteiger partial charge is 0.419 e. The van der Waals surface area contributed by atoms with Crippen molar-refractivity contribution in [1.29, 1.82) is 0 Å². The summed E-state index contributed by atoms with van der Waals surface area (Å²) in [5.74, 6) is -2.29. The maximum atomic E-state index is 14.4. The molecule has 2 amide bonds. The summed E-state index contributed by atoms with van der Waals surface area (Å²) >= 11 is 6.37. The Balaban J connectivity index is 1.36. The average molecular weight is 541 g/mol. The van der Waals surface area contributed by atoms with Crippen LogP contribution >= 0.6 is 11.6 Å². The number of alkyl halides is 3.